The van der Waals surface area contributed by atoms with Crippen molar-refractivity contribution in [2.75, 3.05) is 0 Å². The Balaban J connectivity index is 2.54. The number of halogens is 1. The van der Waals surface area contributed by atoms with Crippen LogP contribution in [0, 0.1) is 5.82 Å². The van der Waals surface area contributed by atoms with Crippen LogP contribution in [0.3, 0.4) is 0 Å². The Labute approximate surface area is 85.9 Å². The molecule has 1 N–H and O–H groups in total. The van der Waals surface area contributed by atoms with E-state index < -0.39 is 0 Å². The summed E-state index contributed by atoms with van der Waals surface area (Å²) >= 11 is 0. The van der Waals surface area contributed by atoms with Gasteiger partial charge in [0.15, 0.2) is 5.78 Å². The molecule has 4 heteroatoms. The standard InChI is InChI=1S/C11H9FN2O/c1-7(15)10-6-13-14-11(10)8-3-2-4-9(12)5-8/h2-6H,1H3,(H,13,14). The molecule has 0 radical (unpaired) electrons. The lowest BCUT2D eigenvalue weighted by molar-refractivity contribution is 0.101. The minimum absolute atomic E-state index is 0.0944. The first-order valence-electron chi connectivity index (χ1n) is 4.48. The molecule has 0 aliphatic heterocycles. The van der Waals surface area contributed by atoms with Gasteiger partial charge in [-0.2, -0.15) is 5.10 Å². The second-order valence-corrected chi connectivity index (χ2v) is 3.23. The van der Waals surface area contributed by atoms with E-state index in [1.807, 2.05) is 0 Å². The van der Waals surface area contributed by atoms with E-state index in [1.54, 1.807) is 12.1 Å². The van der Waals surface area contributed by atoms with Crippen molar-refractivity contribution in [1.29, 1.82) is 0 Å². The lowest BCUT2D eigenvalue weighted by atomic mass is 10.1. The van der Waals surface area contributed by atoms with Crippen molar-refractivity contribution < 1.29 is 9.18 Å². The molecule has 0 bridgehead atoms. The highest BCUT2D eigenvalue weighted by Gasteiger charge is 2.11. The van der Waals surface area contributed by atoms with Crippen LogP contribution in [0.5, 0.6) is 0 Å². The summed E-state index contributed by atoms with van der Waals surface area (Å²) < 4.78 is 13.0. The first kappa shape index (κ1) is 9.58. The van der Waals surface area contributed by atoms with Crippen LogP contribution >= 0.6 is 0 Å². The average Bonchev–Trinajstić information content (AvgIpc) is 2.65. The number of hydrogen-bond donors (Lipinski definition) is 1. The van der Waals surface area contributed by atoms with Gasteiger partial charge in [-0.15, -0.1) is 0 Å². The zero-order chi connectivity index (χ0) is 10.8. The lowest BCUT2D eigenvalue weighted by Crippen LogP contribution is -1.93. The number of nitrogens with zero attached hydrogens (tertiary/aromatic N) is 1. The molecule has 3 nitrogen and oxygen atoms in total. The zero-order valence-corrected chi connectivity index (χ0v) is 8.12. The lowest BCUT2D eigenvalue weighted by Gasteiger charge is -2.00. The van der Waals surface area contributed by atoms with Crippen molar-refractivity contribution in [2.24, 2.45) is 0 Å². The van der Waals surface area contributed by atoms with Gasteiger partial charge < -0.3 is 0 Å². The molecule has 0 spiro atoms. The third kappa shape index (κ3) is 1.79. The maximum Gasteiger partial charge on any atom is 0.163 e. The summed E-state index contributed by atoms with van der Waals surface area (Å²) in [5, 5.41) is 6.47. The second kappa shape index (κ2) is 3.65. The van der Waals surface area contributed by atoms with Crippen molar-refractivity contribution in [2.45, 2.75) is 6.92 Å². The number of H-pyrrole nitrogens is 1. The number of aromatic amines is 1. The molecular formula is C11H9FN2O. The number of benzene rings is 1. The van der Waals surface area contributed by atoms with E-state index >= 15 is 0 Å². The van der Waals surface area contributed by atoms with E-state index in [1.165, 1.54) is 25.3 Å². The molecule has 0 saturated heterocycles. The average molecular weight is 204 g/mol. The third-order valence-corrected chi connectivity index (χ3v) is 2.13. The van der Waals surface area contributed by atoms with Gasteiger partial charge in [0.05, 0.1) is 17.5 Å². The van der Waals surface area contributed by atoms with Gasteiger partial charge in [-0.3, -0.25) is 9.89 Å². The van der Waals surface area contributed by atoms with Crippen molar-refractivity contribution in [1.82, 2.24) is 10.2 Å². The number of carbonyl (C=O) groups is 1. The summed E-state index contributed by atoms with van der Waals surface area (Å²) in [5.41, 5.74) is 1.65. The molecule has 2 aromatic rings. The predicted molar refractivity (Wildman–Crippen MR) is 54.0 cm³/mol. The molecule has 0 aliphatic carbocycles. The van der Waals surface area contributed by atoms with Crippen LogP contribution in [-0.2, 0) is 0 Å². The summed E-state index contributed by atoms with van der Waals surface area (Å²) in [5.74, 6) is -0.431. The monoisotopic (exact) mass is 204 g/mol. The van der Waals surface area contributed by atoms with E-state index in [-0.39, 0.29) is 11.6 Å². The molecule has 0 unspecified atom stereocenters. The van der Waals surface area contributed by atoms with E-state index in [9.17, 15) is 9.18 Å². The Morgan fingerprint density at radius 2 is 2.27 bits per heavy atom. The molecule has 0 atom stereocenters. The Bertz CT molecular complexity index is 505. The smallest absolute Gasteiger partial charge is 0.163 e. The van der Waals surface area contributed by atoms with Crippen molar-refractivity contribution in [3.63, 3.8) is 0 Å². The number of aromatic nitrogens is 2. The summed E-state index contributed by atoms with van der Waals surface area (Å²) in [6.07, 6.45) is 1.45. The fourth-order valence-electron chi connectivity index (χ4n) is 1.42. The molecule has 15 heavy (non-hydrogen) atoms. The van der Waals surface area contributed by atoms with Crippen molar-refractivity contribution in [3.05, 3.63) is 41.8 Å². The van der Waals surface area contributed by atoms with Crippen LogP contribution in [0.25, 0.3) is 11.3 Å². The molecule has 0 fully saturated rings. The molecule has 2 rings (SSSR count). The number of carbonyl (C=O) groups excluding carboxylic acids is 1. The minimum Gasteiger partial charge on any atom is -0.294 e. The molecule has 1 aromatic carbocycles. The summed E-state index contributed by atoms with van der Waals surface area (Å²) in [6, 6.07) is 6.03. The largest absolute Gasteiger partial charge is 0.294 e. The number of ketones is 1. The fourth-order valence-corrected chi connectivity index (χ4v) is 1.42. The zero-order valence-electron chi connectivity index (χ0n) is 8.12. The topological polar surface area (TPSA) is 45.8 Å². The van der Waals surface area contributed by atoms with Crippen molar-refractivity contribution in [3.8, 4) is 11.3 Å². The number of rotatable bonds is 2. The maximum absolute atomic E-state index is 13.0. The van der Waals surface area contributed by atoms with Gasteiger partial charge in [0.2, 0.25) is 0 Å². The summed E-state index contributed by atoms with van der Waals surface area (Å²) in [7, 11) is 0. The van der Waals surface area contributed by atoms with Crippen LogP contribution in [0.4, 0.5) is 4.39 Å². The van der Waals surface area contributed by atoms with Gasteiger partial charge >= 0.3 is 0 Å². The van der Waals surface area contributed by atoms with E-state index in [0.717, 1.165) is 0 Å². The van der Waals surface area contributed by atoms with Crippen LogP contribution in [0.2, 0.25) is 0 Å². The number of hydrogen-bond acceptors (Lipinski definition) is 2. The van der Waals surface area contributed by atoms with E-state index in [0.29, 0.717) is 16.8 Å². The van der Waals surface area contributed by atoms with Gasteiger partial charge in [0.1, 0.15) is 5.82 Å². The Morgan fingerprint density at radius 3 is 2.93 bits per heavy atom. The normalized spacial score (nSPS) is 10.3. The van der Waals surface area contributed by atoms with Gasteiger partial charge in [0.25, 0.3) is 0 Å². The SMILES string of the molecule is CC(=O)c1cn[nH]c1-c1cccc(F)c1. The van der Waals surface area contributed by atoms with Crippen LogP contribution in [0.1, 0.15) is 17.3 Å². The molecule has 0 saturated carbocycles. The molecule has 0 amide bonds. The minimum atomic E-state index is -0.336. The first-order valence-corrected chi connectivity index (χ1v) is 4.48. The Morgan fingerprint density at radius 1 is 1.47 bits per heavy atom. The Hall–Kier alpha value is -1.97. The van der Waals surface area contributed by atoms with E-state index in [4.69, 9.17) is 0 Å². The highest BCUT2D eigenvalue weighted by atomic mass is 19.1. The molecule has 1 heterocycles. The second-order valence-electron chi connectivity index (χ2n) is 3.23. The van der Waals surface area contributed by atoms with Crippen molar-refractivity contribution >= 4 is 5.78 Å². The molecule has 0 aliphatic rings. The van der Waals surface area contributed by atoms with Crippen LogP contribution in [-0.4, -0.2) is 16.0 Å². The maximum atomic E-state index is 13.0. The van der Waals surface area contributed by atoms with Gasteiger partial charge in [0, 0.05) is 5.56 Å². The first-order chi connectivity index (χ1) is 7.18. The Kier molecular flexibility index (Phi) is 2.33. The quantitative estimate of drug-likeness (QED) is 0.763. The summed E-state index contributed by atoms with van der Waals surface area (Å²) in [4.78, 5) is 11.2. The fraction of sp³-hybridized carbons (Fsp3) is 0.0909. The molecule has 1 aromatic heterocycles. The highest BCUT2D eigenvalue weighted by Crippen LogP contribution is 2.21. The summed E-state index contributed by atoms with van der Waals surface area (Å²) in [6.45, 7) is 1.45. The van der Waals surface area contributed by atoms with E-state index in [2.05, 4.69) is 10.2 Å². The molecule has 76 valence electrons. The van der Waals surface area contributed by atoms with Gasteiger partial charge in [-0.1, -0.05) is 12.1 Å². The van der Waals surface area contributed by atoms with Crippen LogP contribution in [0.15, 0.2) is 30.5 Å². The third-order valence-electron chi connectivity index (χ3n) is 2.13. The number of Topliss-reactive ketones (excluding diaryl/α,β-unsaturated/α-hetero) is 1. The predicted octanol–water partition coefficient (Wildman–Crippen LogP) is 2.42. The molecular weight excluding hydrogens is 195 g/mol. The van der Waals surface area contributed by atoms with Gasteiger partial charge in [-0.05, 0) is 19.1 Å². The van der Waals surface area contributed by atoms with Crippen LogP contribution < -0.4 is 0 Å². The number of nitrogens with one attached hydrogen (secondary N) is 1. The van der Waals surface area contributed by atoms with Gasteiger partial charge in [-0.25, -0.2) is 4.39 Å². The highest BCUT2D eigenvalue weighted by molar-refractivity contribution is 5.99.